The maximum Gasteiger partial charge on any atom is 0.355 e. The van der Waals surface area contributed by atoms with Crippen molar-refractivity contribution in [1.29, 1.82) is 0 Å². The fourth-order valence-corrected chi connectivity index (χ4v) is 1.42. The summed E-state index contributed by atoms with van der Waals surface area (Å²) >= 11 is 5.47. The zero-order valence-corrected chi connectivity index (χ0v) is 9.68. The largest absolute Gasteiger partial charge is 0.461 e. The Morgan fingerprint density at radius 2 is 2.24 bits per heavy atom. The molecule has 0 fully saturated rings. The predicted molar refractivity (Wildman–Crippen MR) is 57.5 cm³/mol. The van der Waals surface area contributed by atoms with Crippen molar-refractivity contribution in [3.8, 4) is 0 Å². The molecule has 0 saturated heterocycles. The minimum Gasteiger partial charge on any atom is -0.461 e. The summed E-state index contributed by atoms with van der Waals surface area (Å²) in [5.74, 6) is -1.09. The Bertz CT molecular complexity index is 473. The van der Waals surface area contributed by atoms with Gasteiger partial charge in [0.15, 0.2) is 5.43 Å². The number of aromatic amines is 1. The Morgan fingerprint density at radius 1 is 1.59 bits per heavy atom. The Morgan fingerprint density at radius 3 is 2.71 bits per heavy atom. The Labute approximate surface area is 101 Å². The molecule has 0 amide bonds. The smallest absolute Gasteiger partial charge is 0.355 e. The molecule has 1 aromatic heterocycles. The molecule has 7 heteroatoms. The lowest BCUT2D eigenvalue weighted by molar-refractivity contribution is 0.0506. The van der Waals surface area contributed by atoms with Crippen LogP contribution in [-0.4, -0.2) is 17.6 Å². The molecule has 4 nitrogen and oxygen atoms in total. The van der Waals surface area contributed by atoms with Gasteiger partial charge in [-0.05, 0) is 6.92 Å². The fourth-order valence-electron chi connectivity index (χ4n) is 1.28. The van der Waals surface area contributed by atoms with Crippen LogP contribution in [0.2, 0.25) is 0 Å². The van der Waals surface area contributed by atoms with Crippen molar-refractivity contribution in [2.24, 2.45) is 0 Å². The van der Waals surface area contributed by atoms with E-state index in [4.69, 9.17) is 11.6 Å². The lowest BCUT2D eigenvalue weighted by atomic mass is 10.1. The van der Waals surface area contributed by atoms with E-state index in [1.54, 1.807) is 0 Å². The normalized spacial score (nSPS) is 10.6. The minimum absolute atomic E-state index is 0.0225. The number of aromatic nitrogens is 1. The molecule has 0 aliphatic heterocycles. The van der Waals surface area contributed by atoms with Crippen LogP contribution in [0.15, 0.2) is 10.9 Å². The first-order chi connectivity index (χ1) is 8.01. The lowest BCUT2D eigenvalue weighted by Gasteiger charge is -2.09. The van der Waals surface area contributed by atoms with Gasteiger partial charge in [0, 0.05) is 11.8 Å². The standard InChI is InChI=1S/C10H10ClF2NO3/c1-2-17-10(16)8-7(9(12)13)6(15)3-5(4-11)14-8/h3,9H,2,4H2,1H3,(H,14,15). The van der Waals surface area contributed by atoms with Gasteiger partial charge in [-0.1, -0.05) is 0 Å². The average Bonchev–Trinajstić information content (AvgIpc) is 2.27. The van der Waals surface area contributed by atoms with E-state index in [1.807, 2.05) is 0 Å². The zero-order chi connectivity index (χ0) is 13.0. The van der Waals surface area contributed by atoms with E-state index in [2.05, 4.69) is 9.72 Å². The Hall–Kier alpha value is -1.43. The second-order valence-corrected chi connectivity index (χ2v) is 3.37. The van der Waals surface area contributed by atoms with Crippen molar-refractivity contribution in [3.05, 3.63) is 33.2 Å². The summed E-state index contributed by atoms with van der Waals surface area (Å²) in [5, 5.41) is 0. The van der Waals surface area contributed by atoms with Crippen LogP contribution in [0.5, 0.6) is 0 Å². The maximum atomic E-state index is 12.7. The van der Waals surface area contributed by atoms with Gasteiger partial charge in [-0.2, -0.15) is 0 Å². The molecule has 0 unspecified atom stereocenters. The van der Waals surface area contributed by atoms with E-state index in [1.165, 1.54) is 6.92 Å². The third-order valence-corrected chi connectivity index (χ3v) is 2.26. The number of hydrogen-bond acceptors (Lipinski definition) is 3. The number of hydrogen-bond donors (Lipinski definition) is 1. The Kier molecular flexibility index (Phi) is 4.62. The molecule has 1 heterocycles. The number of nitrogens with one attached hydrogen (secondary N) is 1. The number of ether oxygens (including phenoxy) is 1. The number of alkyl halides is 3. The second kappa shape index (κ2) is 5.77. The number of carbonyl (C=O) groups is 1. The molecule has 0 aromatic carbocycles. The number of carbonyl (C=O) groups excluding carboxylic acids is 1. The van der Waals surface area contributed by atoms with E-state index in [0.29, 0.717) is 0 Å². The highest BCUT2D eigenvalue weighted by Gasteiger charge is 2.24. The number of pyridine rings is 1. The molecule has 0 spiro atoms. The number of rotatable bonds is 4. The van der Waals surface area contributed by atoms with E-state index >= 15 is 0 Å². The van der Waals surface area contributed by atoms with Crippen LogP contribution < -0.4 is 5.43 Å². The van der Waals surface area contributed by atoms with Crippen molar-refractivity contribution < 1.29 is 18.3 Å². The summed E-state index contributed by atoms with van der Waals surface area (Å²) in [6.07, 6.45) is -3.05. The molecule has 0 aliphatic carbocycles. The molecule has 94 valence electrons. The van der Waals surface area contributed by atoms with E-state index in [-0.39, 0.29) is 18.2 Å². The second-order valence-electron chi connectivity index (χ2n) is 3.10. The van der Waals surface area contributed by atoms with Gasteiger partial charge in [0.25, 0.3) is 6.43 Å². The molecule has 1 N–H and O–H groups in total. The van der Waals surface area contributed by atoms with Crippen molar-refractivity contribution in [1.82, 2.24) is 4.98 Å². The SMILES string of the molecule is CCOC(=O)c1[nH]c(CCl)cc(=O)c1C(F)F. The first-order valence-electron chi connectivity index (χ1n) is 4.78. The molecule has 1 rings (SSSR count). The summed E-state index contributed by atoms with van der Waals surface area (Å²) in [5.41, 5.74) is -2.18. The van der Waals surface area contributed by atoms with Crippen molar-refractivity contribution in [2.45, 2.75) is 19.2 Å². The van der Waals surface area contributed by atoms with Crippen molar-refractivity contribution in [2.75, 3.05) is 6.61 Å². The summed E-state index contributed by atoms with van der Waals surface area (Å²) in [4.78, 5) is 25.2. The van der Waals surface area contributed by atoms with Crippen LogP contribution in [0.1, 0.15) is 35.1 Å². The van der Waals surface area contributed by atoms with Gasteiger partial charge in [0.1, 0.15) is 5.69 Å². The third-order valence-electron chi connectivity index (χ3n) is 1.97. The number of esters is 1. The molecular weight excluding hydrogens is 256 g/mol. The lowest BCUT2D eigenvalue weighted by Crippen LogP contribution is -2.20. The molecule has 0 bridgehead atoms. The van der Waals surface area contributed by atoms with Crippen LogP contribution in [0.25, 0.3) is 0 Å². The molecular formula is C10H10ClF2NO3. The van der Waals surface area contributed by atoms with Crippen LogP contribution in [0, 0.1) is 0 Å². The van der Waals surface area contributed by atoms with Gasteiger partial charge >= 0.3 is 5.97 Å². The van der Waals surface area contributed by atoms with Crippen LogP contribution in [-0.2, 0) is 10.6 Å². The molecule has 0 aliphatic rings. The highest BCUT2D eigenvalue weighted by Crippen LogP contribution is 2.19. The number of H-pyrrole nitrogens is 1. The summed E-state index contributed by atoms with van der Waals surface area (Å²) in [6, 6.07) is 0.942. The average molecular weight is 266 g/mol. The molecule has 17 heavy (non-hydrogen) atoms. The molecule has 0 atom stereocenters. The molecule has 0 saturated carbocycles. The van der Waals surface area contributed by atoms with Gasteiger partial charge < -0.3 is 9.72 Å². The maximum absolute atomic E-state index is 12.7. The summed E-state index contributed by atoms with van der Waals surface area (Å²) < 4.78 is 29.9. The highest BCUT2D eigenvalue weighted by molar-refractivity contribution is 6.16. The van der Waals surface area contributed by atoms with Gasteiger partial charge in [0.2, 0.25) is 0 Å². The highest BCUT2D eigenvalue weighted by atomic mass is 35.5. The number of halogens is 3. The van der Waals surface area contributed by atoms with Gasteiger partial charge in [-0.25, -0.2) is 13.6 Å². The van der Waals surface area contributed by atoms with E-state index in [9.17, 15) is 18.4 Å². The van der Waals surface area contributed by atoms with Crippen LogP contribution in [0.4, 0.5) is 8.78 Å². The fraction of sp³-hybridized carbons (Fsp3) is 0.400. The summed E-state index contributed by atoms with van der Waals surface area (Å²) in [6.45, 7) is 1.55. The van der Waals surface area contributed by atoms with Gasteiger partial charge in [-0.15, -0.1) is 11.6 Å². The quantitative estimate of drug-likeness (QED) is 0.671. The van der Waals surface area contributed by atoms with Gasteiger partial charge in [0.05, 0.1) is 18.1 Å². The Balaban J connectivity index is 3.37. The van der Waals surface area contributed by atoms with Crippen LogP contribution >= 0.6 is 11.6 Å². The summed E-state index contributed by atoms with van der Waals surface area (Å²) in [7, 11) is 0. The zero-order valence-electron chi connectivity index (χ0n) is 8.93. The van der Waals surface area contributed by atoms with Crippen molar-refractivity contribution in [3.63, 3.8) is 0 Å². The molecule has 0 radical (unpaired) electrons. The monoisotopic (exact) mass is 265 g/mol. The first-order valence-corrected chi connectivity index (χ1v) is 5.32. The predicted octanol–water partition coefficient (Wildman–Crippen LogP) is 2.23. The third kappa shape index (κ3) is 3.03. The topological polar surface area (TPSA) is 59.2 Å². The minimum atomic E-state index is -3.05. The van der Waals surface area contributed by atoms with E-state index < -0.39 is 29.1 Å². The van der Waals surface area contributed by atoms with Gasteiger partial charge in [-0.3, -0.25) is 4.79 Å². The van der Waals surface area contributed by atoms with Crippen LogP contribution in [0.3, 0.4) is 0 Å². The molecule has 1 aromatic rings. The van der Waals surface area contributed by atoms with Crippen molar-refractivity contribution >= 4 is 17.6 Å². The first kappa shape index (κ1) is 13.6. The van der Waals surface area contributed by atoms with E-state index in [0.717, 1.165) is 6.07 Å².